The highest BCUT2D eigenvalue weighted by molar-refractivity contribution is 7.18. The van der Waals surface area contributed by atoms with E-state index in [-0.39, 0.29) is 0 Å². The third-order valence-corrected chi connectivity index (χ3v) is 4.95. The van der Waals surface area contributed by atoms with Crippen LogP contribution in [0, 0.1) is 12.8 Å². The molecule has 0 aliphatic rings. The minimum atomic E-state index is 0.721. The van der Waals surface area contributed by atoms with Gasteiger partial charge in [0.15, 0.2) is 0 Å². The molecule has 0 spiro atoms. The number of hydrogen-bond donors (Lipinski definition) is 0. The average molecular weight is 299 g/mol. The van der Waals surface area contributed by atoms with Gasteiger partial charge in [0.1, 0.15) is 0 Å². The van der Waals surface area contributed by atoms with E-state index in [0.29, 0.717) is 0 Å². The summed E-state index contributed by atoms with van der Waals surface area (Å²) >= 11 is 1.79. The monoisotopic (exact) mass is 299 g/mol. The van der Waals surface area contributed by atoms with Gasteiger partial charge in [0.05, 0.1) is 21.6 Å². The van der Waals surface area contributed by atoms with Crippen LogP contribution in [0.1, 0.15) is 30.3 Å². The van der Waals surface area contributed by atoms with Crippen molar-refractivity contribution in [3.05, 3.63) is 47.5 Å². The molecule has 1 unspecified atom stereocenters. The molecule has 0 fully saturated rings. The summed E-state index contributed by atoms with van der Waals surface area (Å²) in [7, 11) is 0. The molecule has 4 heteroatoms. The molecule has 3 rings (SSSR count). The topological polar surface area (TPSA) is 30.7 Å². The van der Waals surface area contributed by atoms with Crippen molar-refractivity contribution in [1.82, 2.24) is 14.5 Å². The van der Waals surface area contributed by atoms with Crippen LogP contribution in [0.3, 0.4) is 0 Å². The standard InChI is InChI=1S/C17H21N3S/c1-3-14(6-8-20-9-7-18-12-20)10-15-4-5-16-17(11-15)21-13(2)19-16/h4-5,7,9,11-12,14H,3,6,8,10H2,1-2H3. The molecule has 0 bridgehead atoms. The summed E-state index contributed by atoms with van der Waals surface area (Å²) in [6, 6.07) is 6.72. The molecule has 1 aromatic carbocycles. The predicted molar refractivity (Wildman–Crippen MR) is 88.7 cm³/mol. The van der Waals surface area contributed by atoms with Crippen LogP contribution in [0.15, 0.2) is 36.9 Å². The Morgan fingerprint density at radius 3 is 3.00 bits per heavy atom. The molecular weight excluding hydrogens is 278 g/mol. The van der Waals surface area contributed by atoms with E-state index in [4.69, 9.17) is 0 Å². The highest BCUT2D eigenvalue weighted by Gasteiger charge is 2.09. The van der Waals surface area contributed by atoms with Crippen molar-refractivity contribution in [2.45, 2.75) is 39.7 Å². The molecule has 2 aromatic heterocycles. The molecule has 0 saturated heterocycles. The largest absolute Gasteiger partial charge is 0.337 e. The molecule has 2 heterocycles. The van der Waals surface area contributed by atoms with E-state index in [1.54, 1.807) is 11.3 Å². The third-order valence-electron chi connectivity index (χ3n) is 4.02. The summed E-state index contributed by atoms with van der Waals surface area (Å²) in [5.41, 5.74) is 2.57. The number of rotatable bonds is 6. The smallest absolute Gasteiger partial charge is 0.0945 e. The fourth-order valence-corrected chi connectivity index (χ4v) is 3.64. The van der Waals surface area contributed by atoms with Gasteiger partial charge in [0.25, 0.3) is 0 Å². The highest BCUT2D eigenvalue weighted by atomic mass is 32.1. The second-order valence-electron chi connectivity index (χ2n) is 5.60. The Morgan fingerprint density at radius 2 is 2.24 bits per heavy atom. The number of imidazole rings is 1. The molecule has 21 heavy (non-hydrogen) atoms. The van der Waals surface area contributed by atoms with E-state index in [1.807, 2.05) is 18.7 Å². The maximum absolute atomic E-state index is 4.53. The zero-order chi connectivity index (χ0) is 14.7. The van der Waals surface area contributed by atoms with Crippen LogP contribution in [-0.2, 0) is 13.0 Å². The number of benzene rings is 1. The van der Waals surface area contributed by atoms with Gasteiger partial charge in [0, 0.05) is 18.9 Å². The van der Waals surface area contributed by atoms with Crippen molar-refractivity contribution < 1.29 is 0 Å². The Balaban J connectivity index is 1.66. The van der Waals surface area contributed by atoms with Crippen LogP contribution >= 0.6 is 11.3 Å². The van der Waals surface area contributed by atoms with Crippen LogP contribution in [0.5, 0.6) is 0 Å². The molecule has 0 N–H and O–H groups in total. The molecule has 3 nitrogen and oxygen atoms in total. The zero-order valence-corrected chi connectivity index (χ0v) is 13.4. The Bertz CT molecular complexity index is 700. The zero-order valence-electron chi connectivity index (χ0n) is 12.6. The number of aromatic nitrogens is 3. The summed E-state index contributed by atoms with van der Waals surface area (Å²) < 4.78 is 3.48. The van der Waals surface area contributed by atoms with E-state index in [2.05, 4.69) is 46.6 Å². The van der Waals surface area contributed by atoms with Crippen molar-refractivity contribution in [3.8, 4) is 0 Å². The van der Waals surface area contributed by atoms with Crippen LogP contribution < -0.4 is 0 Å². The minimum absolute atomic E-state index is 0.721. The normalized spacial score (nSPS) is 12.9. The van der Waals surface area contributed by atoms with E-state index < -0.39 is 0 Å². The molecule has 1 atom stereocenters. The SMILES string of the molecule is CCC(CCn1ccnc1)Cc1ccc2nc(C)sc2c1. The van der Waals surface area contributed by atoms with Gasteiger partial charge in [-0.25, -0.2) is 9.97 Å². The second-order valence-corrected chi connectivity index (χ2v) is 6.84. The molecular formula is C17H21N3S. The summed E-state index contributed by atoms with van der Waals surface area (Å²) in [6.45, 7) is 5.42. The summed E-state index contributed by atoms with van der Waals surface area (Å²) in [5, 5.41) is 1.15. The van der Waals surface area contributed by atoms with Crippen LogP contribution in [0.4, 0.5) is 0 Å². The highest BCUT2D eigenvalue weighted by Crippen LogP contribution is 2.25. The number of aryl methyl sites for hydroxylation is 2. The van der Waals surface area contributed by atoms with Crippen molar-refractivity contribution >= 4 is 21.6 Å². The van der Waals surface area contributed by atoms with Gasteiger partial charge < -0.3 is 4.57 Å². The Hall–Kier alpha value is -1.68. The van der Waals surface area contributed by atoms with Crippen LogP contribution in [0.2, 0.25) is 0 Å². The Morgan fingerprint density at radius 1 is 1.33 bits per heavy atom. The molecule has 0 saturated carbocycles. The third kappa shape index (κ3) is 3.50. The molecule has 0 aliphatic carbocycles. The maximum Gasteiger partial charge on any atom is 0.0945 e. The predicted octanol–water partition coefficient (Wildman–Crippen LogP) is 4.46. The summed E-state index contributed by atoms with van der Waals surface area (Å²) in [5.74, 6) is 0.721. The summed E-state index contributed by atoms with van der Waals surface area (Å²) in [4.78, 5) is 8.64. The lowest BCUT2D eigenvalue weighted by Crippen LogP contribution is -2.07. The molecule has 3 aromatic rings. The molecule has 0 amide bonds. The average Bonchev–Trinajstić information content (AvgIpc) is 3.11. The number of hydrogen-bond acceptors (Lipinski definition) is 3. The lowest BCUT2D eigenvalue weighted by atomic mass is 9.94. The summed E-state index contributed by atoms with van der Waals surface area (Å²) in [6.07, 6.45) is 9.36. The van der Waals surface area contributed by atoms with Crippen molar-refractivity contribution in [2.75, 3.05) is 0 Å². The van der Waals surface area contributed by atoms with Gasteiger partial charge >= 0.3 is 0 Å². The Labute approximate surface area is 129 Å². The van der Waals surface area contributed by atoms with E-state index >= 15 is 0 Å². The maximum atomic E-state index is 4.53. The first-order chi connectivity index (χ1) is 10.2. The first-order valence-electron chi connectivity index (χ1n) is 7.56. The molecule has 110 valence electrons. The van der Waals surface area contributed by atoms with Crippen LogP contribution in [-0.4, -0.2) is 14.5 Å². The van der Waals surface area contributed by atoms with Crippen molar-refractivity contribution in [3.63, 3.8) is 0 Å². The van der Waals surface area contributed by atoms with E-state index in [9.17, 15) is 0 Å². The van der Waals surface area contributed by atoms with Crippen molar-refractivity contribution in [1.29, 1.82) is 0 Å². The van der Waals surface area contributed by atoms with Crippen LogP contribution in [0.25, 0.3) is 10.2 Å². The van der Waals surface area contributed by atoms with Gasteiger partial charge in [-0.05, 0) is 43.4 Å². The van der Waals surface area contributed by atoms with E-state index in [1.165, 1.54) is 23.1 Å². The Kier molecular flexibility index (Phi) is 4.34. The quantitative estimate of drug-likeness (QED) is 0.673. The van der Waals surface area contributed by atoms with Gasteiger partial charge in [-0.3, -0.25) is 0 Å². The minimum Gasteiger partial charge on any atom is -0.337 e. The van der Waals surface area contributed by atoms with Gasteiger partial charge in [-0.15, -0.1) is 11.3 Å². The number of thiazole rings is 1. The molecule has 0 aliphatic heterocycles. The lowest BCUT2D eigenvalue weighted by molar-refractivity contribution is 0.431. The fourth-order valence-electron chi connectivity index (χ4n) is 2.75. The lowest BCUT2D eigenvalue weighted by Gasteiger charge is -2.15. The number of fused-ring (bicyclic) bond motifs is 1. The fraction of sp³-hybridized carbons (Fsp3) is 0.412. The second kappa shape index (κ2) is 6.39. The van der Waals surface area contributed by atoms with Gasteiger partial charge in [-0.2, -0.15) is 0 Å². The van der Waals surface area contributed by atoms with Gasteiger partial charge in [0.2, 0.25) is 0 Å². The first kappa shape index (κ1) is 14.3. The van der Waals surface area contributed by atoms with Gasteiger partial charge in [-0.1, -0.05) is 19.4 Å². The first-order valence-corrected chi connectivity index (χ1v) is 8.38. The molecule has 0 radical (unpaired) electrons. The number of nitrogens with zero attached hydrogens (tertiary/aromatic N) is 3. The van der Waals surface area contributed by atoms with Crippen molar-refractivity contribution in [2.24, 2.45) is 5.92 Å². The van der Waals surface area contributed by atoms with E-state index in [0.717, 1.165) is 29.4 Å².